The number of nitrogens with zero attached hydrogens (tertiary/aromatic N) is 3. The zero-order valence-corrected chi connectivity index (χ0v) is 13.6. The Morgan fingerprint density at radius 3 is 2.85 bits per heavy atom. The summed E-state index contributed by atoms with van der Waals surface area (Å²) in [5.74, 6) is 0.567. The Morgan fingerprint density at radius 2 is 2.20 bits per heavy atom. The van der Waals surface area contributed by atoms with E-state index in [0.717, 1.165) is 27.8 Å². The molecule has 3 aromatic rings. The van der Waals surface area contributed by atoms with Crippen molar-refractivity contribution in [3.63, 3.8) is 0 Å². The van der Waals surface area contributed by atoms with E-state index in [0.29, 0.717) is 5.82 Å². The predicted molar refractivity (Wildman–Crippen MR) is 88.8 cm³/mol. The van der Waals surface area contributed by atoms with E-state index in [1.54, 1.807) is 22.7 Å². The fourth-order valence-corrected chi connectivity index (χ4v) is 4.38. The maximum Gasteiger partial charge on any atom is 0.149 e. The van der Waals surface area contributed by atoms with Crippen molar-refractivity contribution in [1.82, 2.24) is 9.36 Å². The van der Waals surface area contributed by atoms with Crippen LogP contribution in [0, 0.1) is 6.92 Å². The third-order valence-electron chi connectivity index (χ3n) is 2.85. The molecule has 20 heavy (non-hydrogen) atoms. The number of anilines is 2. The van der Waals surface area contributed by atoms with Crippen LogP contribution < -0.4 is 10.6 Å². The number of hydrogen-bond donors (Lipinski definition) is 1. The molecule has 7 heteroatoms. The first-order valence-electron chi connectivity index (χ1n) is 6.06. The molecule has 0 aliphatic rings. The molecule has 3 heterocycles. The van der Waals surface area contributed by atoms with Crippen LogP contribution in [0.4, 0.5) is 10.8 Å². The van der Waals surface area contributed by atoms with Crippen molar-refractivity contribution < 1.29 is 0 Å². The second kappa shape index (κ2) is 5.51. The minimum Gasteiger partial charge on any atom is -0.382 e. The topological polar surface area (TPSA) is 55.0 Å². The Labute approximate surface area is 129 Å². The molecule has 0 spiro atoms. The molecule has 0 fully saturated rings. The van der Waals surface area contributed by atoms with Gasteiger partial charge in [-0.15, -0.1) is 22.7 Å². The number of nitrogens with two attached hydrogens (primary N) is 1. The van der Waals surface area contributed by atoms with Crippen LogP contribution in [0.2, 0.25) is 0 Å². The molecule has 0 amide bonds. The molecule has 0 unspecified atom stereocenters. The summed E-state index contributed by atoms with van der Waals surface area (Å²) in [7, 11) is 2.07. The van der Waals surface area contributed by atoms with Crippen LogP contribution in [-0.2, 0) is 6.54 Å². The Kier molecular flexibility index (Phi) is 3.73. The van der Waals surface area contributed by atoms with Crippen LogP contribution in [0.1, 0.15) is 10.6 Å². The van der Waals surface area contributed by atoms with Gasteiger partial charge in [-0.3, -0.25) is 0 Å². The van der Waals surface area contributed by atoms with Crippen molar-refractivity contribution in [3.05, 3.63) is 33.5 Å². The molecule has 4 nitrogen and oxygen atoms in total. The Morgan fingerprint density at radius 1 is 1.35 bits per heavy atom. The smallest absolute Gasteiger partial charge is 0.149 e. The lowest BCUT2D eigenvalue weighted by Crippen LogP contribution is -2.15. The molecule has 3 rings (SSSR count). The molecule has 3 aromatic heterocycles. The third kappa shape index (κ3) is 2.56. The van der Waals surface area contributed by atoms with Crippen molar-refractivity contribution in [1.29, 1.82) is 0 Å². The van der Waals surface area contributed by atoms with E-state index >= 15 is 0 Å². The molecular formula is C13H14N4S3. The van der Waals surface area contributed by atoms with Gasteiger partial charge in [0, 0.05) is 23.0 Å². The van der Waals surface area contributed by atoms with Gasteiger partial charge in [-0.05, 0) is 29.9 Å². The molecular weight excluding hydrogens is 308 g/mol. The zero-order chi connectivity index (χ0) is 14.1. The monoisotopic (exact) mass is 322 g/mol. The quantitative estimate of drug-likeness (QED) is 0.792. The van der Waals surface area contributed by atoms with E-state index in [9.17, 15) is 0 Å². The fourth-order valence-electron chi connectivity index (χ4n) is 1.93. The van der Waals surface area contributed by atoms with Gasteiger partial charge in [0.15, 0.2) is 0 Å². The molecule has 0 aliphatic heterocycles. The average molecular weight is 322 g/mol. The highest BCUT2D eigenvalue weighted by Gasteiger charge is 2.19. The summed E-state index contributed by atoms with van der Waals surface area (Å²) in [5, 5.41) is 6.15. The van der Waals surface area contributed by atoms with Gasteiger partial charge in [-0.2, -0.15) is 4.37 Å². The SMILES string of the molecule is Cc1csc(-c2c(N)nsc2N(C)Cc2cccs2)n1. The van der Waals surface area contributed by atoms with Crippen molar-refractivity contribution in [2.24, 2.45) is 0 Å². The van der Waals surface area contributed by atoms with Gasteiger partial charge in [0.05, 0.1) is 12.1 Å². The summed E-state index contributed by atoms with van der Waals surface area (Å²) >= 11 is 4.80. The summed E-state index contributed by atoms with van der Waals surface area (Å²) in [6.45, 7) is 2.85. The molecule has 0 radical (unpaired) electrons. The maximum atomic E-state index is 6.04. The van der Waals surface area contributed by atoms with Gasteiger partial charge in [-0.25, -0.2) is 4.98 Å². The van der Waals surface area contributed by atoms with Gasteiger partial charge in [0.25, 0.3) is 0 Å². The number of aromatic nitrogens is 2. The minimum atomic E-state index is 0.567. The van der Waals surface area contributed by atoms with Gasteiger partial charge in [0.2, 0.25) is 0 Å². The van der Waals surface area contributed by atoms with Gasteiger partial charge < -0.3 is 10.6 Å². The summed E-state index contributed by atoms with van der Waals surface area (Å²) in [5.41, 5.74) is 8.02. The molecule has 0 bridgehead atoms. The molecule has 0 saturated heterocycles. The van der Waals surface area contributed by atoms with Gasteiger partial charge in [0.1, 0.15) is 15.8 Å². The lowest BCUT2D eigenvalue weighted by atomic mass is 10.3. The standard InChI is InChI=1S/C13H14N4S3/c1-8-7-19-12(15-8)10-11(14)16-20-13(10)17(2)6-9-4-3-5-18-9/h3-5,7H,6H2,1-2H3,(H2,14,16). The van der Waals surface area contributed by atoms with E-state index in [4.69, 9.17) is 5.73 Å². The highest BCUT2D eigenvalue weighted by molar-refractivity contribution is 7.15. The second-order valence-electron chi connectivity index (χ2n) is 4.48. The number of aryl methyl sites for hydroxylation is 1. The number of hydrogen-bond acceptors (Lipinski definition) is 7. The first-order chi connectivity index (χ1) is 9.65. The van der Waals surface area contributed by atoms with E-state index in [2.05, 4.69) is 38.8 Å². The molecule has 0 saturated carbocycles. The minimum absolute atomic E-state index is 0.567. The summed E-state index contributed by atoms with van der Waals surface area (Å²) < 4.78 is 4.30. The highest BCUT2D eigenvalue weighted by Crippen LogP contribution is 2.40. The number of rotatable bonds is 4. The van der Waals surface area contributed by atoms with Crippen LogP contribution in [0.3, 0.4) is 0 Å². The third-order valence-corrected chi connectivity index (χ3v) is 5.67. The van der Waals surface area contributed by atoms with Crippen molar-refractivity contribution in [2.75, 3.05) is 17.7 Å². The maximum absolute atomic E-state index is 6.04. The lowest BCUT2D eigenvalue weighted by Gasteiger charge is -2.17. The van der Waals surface area contributed by atoms with Crippen LogP contribution >= 0.6 is 34.2 Å². The molecule has 0 aliphatic carbocycles. The molecule has 0 atom stereocenters. The Bertz CT molecular complexity index is 699. The van der Waals surface area contributed by atoms with Crippen LogP contribution in [-0.4, -0.2) is 16.4 Å². The lowest BCUT2D eigenvalue weighted by molar-refractivity contribution is 0.954. The molecule has 104 valence electrons. The largest absolute Gasteiger partial charge is 0.382 e. The van der Waals surface area contributed by atoms with Crippen LogP contribution in [0.25, 0.3) is 10.6 Å². The van der Waals surface area contributed by atoms with E-state index in [1.165, 1.54) is 16.4 Å². The van der Waals surface area contributed by atoms with Gasteiger partial charge >= 0.3 is 0 Å². The summed E-state index contributed by atoms with van der Waals surface area (Å²) in [4.78, 5) is 8.04. The number of thiazole rings is 1. The van der Waals surface area contributed by atoms with Gasteiger partial charge in [-0.1, -0.05) is 6.07 Å². The highest BCUT2D eigenvalue weighted by atomic mass is 32.1. The normalized spacial score (nSPS) is 10.9. The zero-order valence-electron chi connectivity index (χ0n) is 11.2. The van der Waals surface area contributed by atoms with Crippen molar-refractivity contribution >= 4 is 45.0 Å². The van der Waals surface area contributed by atoms with Crippen molar-refractivity contribution in [2.45, 2.75) is 13.5 Å². The van der Waals surface area contributed by atoms with E-state index in [1.807, 2.05) is 12.3 Å². The summed E-state index contributed by atoms with van der Waals surface area (Å²) in [6.07, 6.45) is 0. The van der Waals surface area contributed by atoms with Crippen molar-refractivity contribution in [3.8, 4) is 10.6 Å². The first-order valence-corrected chi connectivity index (χ1v) is 8.59. The van der Waals surface area contributed by atoms with Crippen LogP contribution in [0.15, 0.2) is 22.9 Å². The predicted octanol–water partition coefficient (Wildman–Crippen LogP) is 3.86. The van der Waals surface area contributed by atoms with Crippen LogP contribution in [0.5, 0.6) is 0 Å². The molecule has 0 aromatic carbocycles. The molecule has 2 N–H and O–H groups in total. The number of thiophene rings is 1. The first kappa shape index (κ1) is 13.5. The average Bonchev–Trinajstić information content (AvgIpc) is 3.10. The Hall–Kier alpha value is -1.44. The second-order valence-corrected chi connectivity index (χ2v) is 7.12. The number of nitrogen functional groups attached to an aromatic ring is 1. The van der Waals surface area contributed by atoms with E-state index in [-0.39, 0.29) is 0 Å². The van der Waals surface area contributed by atoms with E-state index < -0.39 is 0 Å². The Balaban J connectivity index is 1.94. The summed E-state index contributed by atoms with van der Waals surface area (Å²) in [6, 6.07) is 4.21. The fraction of sp³-hybridized carbons (Fsp3) is 0.231.